The lowest BCUT2D eigenvalue weighted by Crippen LogP contribution is -2.52. The van der Waals surface area contributed by atoms with Gasteiger partial charge in [0, 0.05) is 19.1 Å². The Hall–Kier alpha value is -1.30. The largest absolute Gasteiger partial charge is 0.480 e. The molecule has 6 heteroatoms. The van der Waals surface area contributed by atoms with Gasteiger partial charge < -0.3 is 15.2 Å². The monoisotopic (exact) mass is 300 g/mol. The fourth-order valence-corrected chi connectivity index (χ4v) is 3.08. The number of nitrogens with zero attached hydrogens (tertiary/aromatic N) is 1. The Kier molecular flexibility index (Phi) is 6.45. The molecule has 0 saturated carbocycles. The summed E-state index contributed by atoms with van der Waals surface area (Å²) in [4.78, 5) is 24.4. The van der Waals surface area contributed by atoms with E-state index in [4.69, 9.17) is 9.84 Å². The lowest BCUT2D eigenvalue weighted by Gasteiger charge is -2.39. The summed E-state index contributed by atoms with van der Waals surface area (Å²) in [7, 11) is 0. The molecular formula is C15H28N2O4. The topological polar surface area (TPSA) is 78.9 Å². The molecule has 0 aliphatic carbocycles. The van der Waals surface area contributed by atoms with E-state index >= 15 is 0 Å². The Morgan fingerprint density at radius 2 is 2.00 bits per heavy atom. The molecule has 0 spiro atoms. The van der Waals surface area contributed by atoms with Crippen LogP contribution in [0.2, 0.25) is 0 Å². The predicted molar refractivity (Wildman–Crippen MR) is 80.2 cm³/mol. The molecule has 2 unspecified atom stereocenters. The van der Waals surface area contributed by atoms with Gasteiger partial charge in [-0.3, -0.25) is 9.69 Å². The third-order valence-electron chi connectivity index (χ3n) is 3.47. The number of hydrogen-bond donors (Lipinski definition) is 2. The Labute approximate surface area is 126 Å². The summed E-state index contributed by atoms with van der Waals surface area (Å²) >= 11 is 0. The second-order valence-electron chi connectivity index (χ2n) is 7.02. The summed E-state index contributed by atoms with van der Waals surface area (Å²) in [6.45, 7) is 9.98. The zero-order valence-electron chi connectivity index (χ0n) is 13.5. The molecule has 2 atom stereocenters. The first-order valence-corrected chi connectivity index (χ1v) is 7.57. The van der Waals surface area contributed by atoms with Gasteiger partial charge in [-0.25, -0.2) is 4.79 Å². The fraction of sp³-hybridized carbons (Fsp3) is 0.867. The van der Waals surface area contributed by atoms with Crippen LogP contribution in [0, 0.1) is 11.3 Å². The smallest absolute Gasteiger partial charge is 0.407 e. The number of carboxylic acid groups (broad SMARTS) is 1. The van der Waals surface area contributed by atoms with Crippen LogP contribution in [0.25, 0.3) is 0 Å². The van der Waals surface area contributed by atoms with E-state index in [1.165, 1.54) is 0 Å². The summed E-state index contributed by atoms with van der Waals surface area (Å²) in [6, 6.07) is -0.0514. The molecule has 0 bridgehead atoms. The molecule has 1 rings (SSSR count). The predicted octanol–water partition coefficient (Wildman–Crippen LogP) is 1.94. The lowest BCUT2D eigenvalue weighted by molar-refractivity contribution is -0.138. The number of nitrogens with one attached hydrogen (secondary N) is 1. The maximum Gasteiger partial charge on any atom is 0.407 e. The number of carbonyl (C=O) groups excluding carboxylic acids is 1. The van der Waals surface area contributed by atoms with Crippen LogP contribution in [0.15, 0.2) is 0 Å². The summed E-state index contributed by atoms with van der Waals surface area (Å²) in [5.41, 5.74) is 0.186. The second-order valence-corrected chi connectivity index (χ2v) is 7.02. The molecule has 1 heterocycles. The van der Waals surface area contributed by atoms with Crippen LogP contribution in [0.4, 0.5) is 4.79 Å². The number of rotatable bonds is 5. The van der Waals surface area contributed by atoms with E-state index in [9.17, 15) is 9.59 Å². The van der Waals surface area contributed by atoms with Crippen LogP contribution in [0.5, 0.6) is 0 Å². The molecule has 2 N–H and O–H groups in total. The number of aliphatic carboxylic acids is 1. The molecular weight excluding hydrogens is 272 g/mol. The lowest BCUT2D eigenvalue weighted by atomic mass is 9.80. The number of alkyl carbamates (subject to hydrolysis) is 1. The molecule has 0 aromatic heterocycles. The number of carbonyl (C=O) groups is 2. The Bertz CT molecular complexity index is 365. The van der Waals surface area contributed by atoms with Gasteiger partial charge in [0.1, 0.15) is 0 Å². The number of piperidine rings is 1. The number of carboxylic acids is 1. The van der Waals surface area contributed by atoms with Gasteiger partial charge in [-0.1, -0.05) is 20.8 Å². The molecule has 1 aliphatic heterocycles. The highest BCUT2D eigenvalue weighted by molar-refractivity contribution is 5.69. The number of hydrogen-bond acceptors (Lipinski definition) is 4. The summed E-state index contributed by atoms with van der Waals surface area (Å²) in [6.07, 6.45) is 1.45. The molecule has 21 heavy (non-hydrogen) atoms. The minimum absolute atomic E-state index is 0.0155. The minimum atomic E-state index is -0.832. The number of amides is 1. The normalized spacial score (nSPS) is 23.6. The van der Waals surface area contributed by atoms with Gasteiger partial charge in [0.2, 0.25) is 0 Å². The second kappa shape index (κ2) is 7.64. The fourth-order valence-electron chi connectivity index (χ4n) is 3.08. The molecule has 0 radical (unpaired) electrons. The van der Waals surface area contributed by atoms with Crippen molar-refractivity contribution in [3.63, 3.8) is 0 Å². The maximum absolute atomic E-state index is 11.6. The van der Waals surface area contributed by atoms with Gasteiger partial charge in [0.05, 0.1) is 13.2 Å². The highest BCUT2D eigenvalue weighted by Gasteiger charge is 2.31. The van der Waals surface area contributed by atoms with Gasteiger partial charge >= 0.3 is 12.1 Å². The van der Waals surface area contributed by atoms with E-state index in [0.717, 1.165) is 19.4 Å². The molecule has 0 aromatic carbocycles. The number of ether oxygens (including phenoxy) is 1. The summed E-state index contributed by atoms with van der Waals surface area (Å²) in [5.74, 6) is -0.452. The highest BCUT2D eigenvalue weighted by Crippen LogP contribution is 2.30. The van der Waals surface area contributed by atoms with E-state index in [1.807, 2.05) is 4.90 Å². The van der Waals surface area contributed by atoms with Gasteiger partial charge in [-0.05, 0) is 31.1 Å². The molecule has 1 aliphatic rings. The zero-order chi connectivity index (χ0) is 16.0. The van der Waals surface area contributed by atoms with Crippen molar-refractivity contribution in [1.29, 1.82) is 0 Å². The van der Waals surface area contributed by atoms with Crippen molar-refractivity contribution in [3.8, 4) is 0 Å². The summed E-state index contributed by atoms with van der Waals surface area (Å²) in [5, 5.41) is 11.8. The van der Waals surface area contributed by atoms with E-state index < -0.39 is 12.1 Å². The van der Waals surface area contributed by atoms with Crippen molar-refractivity contribution >= 4 is 12.1 Å². The van der Waals surface area contributed by atoms with Crippen molar-refractivity contribution in [2.45, 2.75) is 46.6 Å². The third-order valence-corrected chi connectivity index (χ3v) is 3.47. The van der Waals surface area contributed by atoms with Crippen LogP contribution in [0.1, 0.15) is 40.5 Å². The molecule has 6 nitrogen and oxygen atoms in total. The highest BCUT2D eigenvalue weighted by atomic mass is 16.5. The average molecular weight is 300 g/mol. The first kappa shape index (κ1) is 17.8. The molecule has 1 fully saturated rings. The van der Waals surface area contributed by atoms with Crippen molar-refractivity contribution in [3.05, 3.63) is 0 Å². The standard InChI is InChI=1S/C15H28N2O4/c1-5-21-14(20)16-12-6-11(7-15(2,3)4)8-17(9-12)10-13(18)19/h11-12H,5-10H2,1-4H3,(H,16,20)(H,18,19). The van der Waals surface area contributed by atoms with Crippen LogP contribution in [0.3, 0.4) is 0 Å². The van der Waals surface area contributed by atoms with Gasteiger partial charge in [-0.15, -0.1) is 0 Å². The first-order chi connectivity index (χ1) is 9.69. The minimum Gasteiger partial charge on any atom is -0.480 e. The SMILES string of the molecule is CCOC(=O)NC1CC(CC(C)(C)C)CN(CC(=O)O)C1. The van der Waals surface area contributed by atoms with Crippen LogP contribution in [-0.4, -0.2) is 54.4 Å². The number of likely N-dealkylation sites (tertiary alicyclic amines) is 1. The average Bonchev–Trinajstić information content (AvgIpc) is 2.24. The van der Waals surface area contributed by atoms with E-state index in [2.05, 4.69) is 26.1 Å². The molecule has 122 valence electrons. The van der Waals surface area contributed by atoms with Crippen LogP contribution in [-0.2, 0) is 9.53 Å². The van der Waals surface area contributed by atoms with E-state index in [1.54, 1.807) is 6.92 Å². The summed E-state index contributed by atoms with van der Waals surface area (Å²) < 4.78 is 4.91. The van der Waals surface area contributed by atoms with Crippen molar-refractivity contribution in [2.24, 2.45) is 11.3 Å². The molecule has 0 aromatic rings. The molecule has 1 saturated heterocycles. The quantitative estimate of drug-likeness (QED) is 0.811. The Morgan fingerprint density at radius 3 is 2.52 bits per heavy atom. The Balaban J connectivity index is 2.65. The van der Waals surface area contributed by atoms with E-state index in [0.29, 0.717) is 19.1 Å². The molecule has 1 amide bonds. The van der Waals surface area contributed by atoms with E-state index in [-0.39, 0.29) is 18.0 Å². The third kappa shape index (κ3) is 7.32. The van der Waals surface area contributed by atoms with Gasteiger partial charge in [0.25, 0.3) is 0 Å². The first-order valence-electron chi connectivity index (χ1n) is 7.57. The van der Waals surface area contributed by atoms with Crippen molar-refractivity contribution in [1.82, 2.24) is 10.2 Å². The van der Waals surface area contributed by atoms with Crippen LogP contribution < -0.4 is 5.32 Å². The zero-order valence-corrected chi connectivity index (χ0v) is 13.5. The maximum atomic E-state index is 11.6. The van der Waals surface area contributed by atoms with Crippen LogP contribution >= 0.6 is 0 Å². The van der Waals surface area contributed by atoms with Crippen molar-refractivity contribution in [2.75, 3.05) is 26.2 Å². The Morgan fingerprint density at radius 1 is 1.33 bits per heavy atom. The van der Waals surface area contributed by atoms with Gasteiger partial charge in [-0.2, -0.15) is 0 Å². The van der Waals surface area contributed by atoms with Crippen molar-refractivity contribution < 1.29 is 19.4 Å². The van der Waals surface area contributed by atoms with Gasteiger partial charge in [0.15, 0.2) is 0 Å².